The van der Waals surface area contributed by atoms with E-state index in [0.29, 0.717) is 18.0 Å². The average Bonchev–Trinajstić information content (AvgIpc) is 2.66. The number of hydrogen-bond donors (Lipinski definition) is 2. The Hall–Kier alpha value is -3.02. The highest BCUT2D eigenvalue weighted by molar-refractivity contribution is 6.00. The van der Waals surface area contributed by atoms with Gasteiger partial charge in [-0.05, 0) is 49.6 Å². The van der Waals surface area contributed by atoms with Crippen LogP contribution in [0.25, 0.3) is 0 Å². The number of carbonyl (C=O) groups excluding carboxylic acids is 2. The van der Waals surface area contributed by atoms with Gasteiger partial charge in [0.1, 0.15) is 11.8 Å². The van der Waals surface area contributed by atoms with Gasteiger partial charge in [0.2, 0.25) is 5.91 Å². The molecule has 0 aliphatic carbocycles. The van der Waals surface area contributed by atoms with Crippen molar-refractivity contribution in [1.29, 1.82) is 0 Å². The van der Waals surface area contributed by atoms with Crippen molar-refractivity contribution in [2.24, 2.45) is 0 Å². The molecule has 0 saturated carbocycles. The lowest BCUT2D eigenvalue weighted by molar-refractivity contribution is -0.128. The van der Waals surface area contributed by atoms with Gasteiger partial charge in [0, 0.05) is 17.9 Å². The number of nitrogens with one attached hydrogen (secondary N) is 1. The Kier molecular flexibility index (Phi) is 5.41. The van der Waals surface area contributed by atoms with Crippen LogP contribution in [-0.4, -0.2) is 31.0 Å². The van der Waals surface area contributed by atoms with Crippen LogP contribution in [-0.2, 0) is 16.0 Å². The van der Waals surface area contributed by atoms with Gasteiger partial charge in [-0.15, -0.1) is 0 Å². The minimum atomic E-state index is -0.644. The van der Waals surface area contributed by atoms with Crippen molar-refractivity contribution < 1.29 is 14.3 Å². The average molecular weight is 353 g/mol. The Balaban J connectivity index is 1.60. The molecule has 3 rings (SSSR count). The number of hydrogen-bond acceptors (Lipinski definition) is 4. The van der Waals surface area contributed by atoms with E-state index in [1.54, 1.807) is 24.0 Å². The number of benzene rings is 2. The Bertz CT molecular complexity index is 792. The fourth-order valence-corrected chi connectivity index (χ4v) is 3.12. The summed E-state index contributed by atoms with van der Waals surface area (Å²) in [7, 11) is 0. The summed E-state index contributed by atoms with van der Waals surface area (Å²) in [6.45, 7) is 2.17. The van der Waals surface area contributed by atoms with Gasteiger partial charge in [0.05, 0.1) is 0 Å². The number of nitrogen functional groups attached to an aromatic ring is 1. The standard InChI is InChI=1S/C20H23N3O3/c1-14(22-19(24)13-26-15-7-3-2-4-8-15)20(25)23-12-6-9-16-17(21)10-5-11-18(16)23/h2-5,7-8,10-11,14H,6,9,12-13,21H2,1H3,(H,22,24). The van der Waals surface area contributed by atoms with Gasteiger partial charge in [0.25, 0.3) is 5.91 Å². The summed E-state index contributed by atoms with van der Waals surface area (Å²) in [5.41, 5.74) is 8.57. The Morgan fingerprint density at radius 1 is 1.19 bits per heavy atom. The van der Waals surface area contributed by atoms with E-state index in [2.05, 4.69) is 5.32 Å². The van der Waals surface area contributed by atoms with E-state index in [1.807, 2.05) is 36.4 Å². The summed E-state index contributed by atoms with van der Waals surface area (Å²) in [5, 5.41) is 2.71. The molecule has 1 atom stereocenters. The minimum Gasteiger partial charge on any atom is -0.484 e. The molecule has 0 radical (unpaired) electrons. The molecule has 6 heteroatoms. The number of nitrogens with zero attached hydrogens (tertiary/aromatic N) is 1. The maximum Gasteiger partial charge on any atom is 0.258 e. The van der Waals surface area contributed by atoms with E-state index >= 15 is 0 Å². The first-order valence-electron chi connectivity index (χ1n) is 8.72. The van der Waals surface area contributed by atoms with E-state index in [1.165, 1.54) is 0 Å². The minimum absolute atomic E-state index is 0.134. The fraction of sp³-hybridized carbons (Fsp3) is 0.300. The van der Waals surface area contributed by atoms with Gasteiger partial charge in [0.15, 0.2) is 6.61 Å². The first-order chi connectivity index (χ1) is 12.6. The topological polar surface area (TPSA) is 84.7 Å². The molecule has 2 aromatic carbocycles. The van der Waals surface area contributed by atoms with Crippen LogP contribution in [0.1, 0.15) is 18.9 Å². The lowest BCUT2D eigenvalue weighted by Crippen LogP contribution is -2.49. The van der Waals surface area contributed by atoms with Crippen LogP contribution in [0.2, 0.25) is 0 Å². The number of anilines is 2. The second-order valence-electron chi connectivity index (χ2n) is 6.33. The smallest absolute Gasteiger partial charge is 0.258 e. The van der Waals surface area contributed by atoms with Crippen LogP contribution >= 0.6 is 0 Å². The predicted molar refractivity (Wildman–Crippen MR) is 101 cm³/mol. The summed E-state index contributed by atoms with van der Waals surface area (Å²) in [4.78, 5) is 26.6. The van der Waals surface area contributed by atoms with Gasteiger partial charge in [-0.25, -0.2) is 0 Å². The number of amides is 2. The van der Waals surface area contributed by atoms with Crippen molar-refractivity contribution in [2.45, 2.75) is 25.8 Å². The van der Waals surface area contributed by atoms with E-state index in [9.17, 15) is 9.59 Å². The van der Waals surface area contributed by atoms with Crippen molar-refractivity contribution in [2.75, 3.05) is 23.8 Å². The molecule has 1 aliphatic heterocycles. The Labute approximate surface area is 152 Å². The number of carbonyl (C=O) groups is 2. The molecule has 0 aromatic heterocycles. The monoisotopic (exact) mass is 353 g/mol. The highest BCUT2D eigenvalue weighted by atomic mass is 16.5. The molecule has 136 valence electrons. The van der Waals surface area contributed by atoms with Gasteiger partial charge in [-0.1, -0.05) is 24.3 Å². The van der Waals surface area contributed by atoms with E-state index in [0.717, 1.165) is 24.1 Å². The van der Waals surface area contributed by atoms with Crippen LogP contribution in [0.5, 0.6) is 5.75 Å². The first kappa shape index (κ1) is 17.8. The molecule has 0 fully saturated rings. The second kappa shape index (κ2) is 7.91. The molecule has 1 heterocycles. The molecule has 6 nitrogen and oxygen atoms in total. The highest BCUT2D eigenvalue weighted by Gasteiger charge is 2.28. The molecular formula is C20H23N3O3. The van der Waals surface area contributed by atoms with Gasteiger partial charge in [-0.2, -0.15) is 0 Å². The third kappa shape index (κ3) is 3.96. The first-order valence-corrected chi connectivity index (χ1v) is 8.72. The molecule has 26 heavy (non-hydrogen) atoms. The van der Waals surface area contributed by atoms with Gasteiger partial charge in [-0.3, -0.25) is 9.59 Å². The highest BCUT2D eigenvalue weighted by Crippen LogP contribution is 2.31. The quantitative estimate of drug-likeness (QED) is 0.807. The van der Waals surface area contributed by atoms with Crippen LogP contribution < -0.4 is 20.7 Å². The summed E-state index contributed by atoms with van der Waals surface area (Å²) in [6.07, 6.45) is 1.71. The molecule has 2 amide bonds. The molecule has 0 bridgehead atoms. The third-order valence-electron chi connectivity index (χ3n) is 4.41. The zero-order chi connectivity index (χ0) is 18.5. The van der Waals surface area contributed by atoms with Crippen LogP contribution in [0, 0.1) is 0 Å². The summed E-state index contributed by atoms with van der Waals surface area (Å²) >= 11 is 0. The SMILES string of the molecule is CC(NC(=O)COc1ccccc1)C(=O)N1CCCc2c(N)cccc21. The Morgan fingerprint density at radius 2 is 1.96 bits per heavy atom. The van der Waals surface area contributed by atoms with Crippen LogP contribution in [0.15, 0.2) is 48.5 Å². The predicted octanol–water partition coefficient (Wildman–Crippen LogP) is 2.13. The second-order valence-corrected chi connectivity index (χ2v) is 6.33. The number of para-hydroxylation sites is 1. The number of nitrogens with two attached hydrogens (primary N) is 1. The lowest BCUT2D eigenvalue weighted by atomic mass is 9.99. The van der Waals surface area contributed by atoms with Gasteiger partial charge < -0.3 is 20.7 Å². The van der Waals surface area contributed by atoms with E-state index in [-0.39, 0.29) is 18.4 Å². The number of rotatable bonds is 5. The fourth-order valence-electron chi connectivity index (χ4n) is 3.12. The summed E-state index contributed by atoms with van der Waals surface area (Å²) < 4.78 is 5.41. The molecule has 1 unspecified atom stereocenters. The van der Waals surface area contributed by atoms with Crippen molar-refractivity contribution in [3.63, 3.8) is 0 Å². The van der Waals surface area contributed by atoms with Crippen LogP contribution in [0.3, 0.4) is 0 Å². The van der Waals surface area contributed by atoms with E-state index in [4.69, 9.17) is 10.5 Å². The largest absolute Gasteiger partial charge is 0.484 e. The van der Waals surface area contributed by atoms with Crippen molar-refractivity contribution in [3.8, 4) is 5.75 Å². The molecule has 3 N–H and O–H groups in total. The summed E-state index contributed by atoms with van der Waals surface area (Å²) in [5.74, 6) is 0.131. The zero-order valence-corrected chi connectivity index (χ0v) is 14.8. The zero-order valence-electron chi connectivity index (χ0n) is 14.8. The van der Waals surface area contributed by atoms with Crippen molar-refractivity contribution in [1.82, 2.24) is 5.32 Å². The normalized spacial score (nSPS) is 14.3. The van der Waals surface area contributed by atoms with Crippen LogP contribution in [0.4, 0.5) is 11.4 Å². The Morgan fingerprint density at radius 3 is 2.73 bits per heavy atom. The van der Waals surface area contributed by atoms with Crippen molar-refractivity contribution >= 4 is 23.2 Å². The molecule has 0 spiro atoms. The molecule has 2 aromatic rings. The molecule has 1 aliphatic rings. The van der Waals surface area contributed by atoms with Crippen molar-refractivity contribution in [3.05, 3.63) is 54.1 Å². The molecule has 0 saturated heterocycles. The summed E-state index contributed by atoms with van der Waals surface area (Å²) in [6, 6.07) is 14.0. The van der Waals surface area contributed by atoms with Gasteiger partial charge >= 0.3 is 0 Å². The number of fused-ring (bicyclic) bond motifs is 1. The third-order valence-corrected chi connectivity index (χ3v) is 4.41. The maximum absolute atomic E-state index is 12.8. The van der Waals surface area contributed by atoms with E-state index < -0.39 is 6.04 Å². The maximum atomic E-state index is 12.8. The number of ether oxygens (including phenoxy) is 1. The lowest BCUT2D eigenvalue weighted by Gasteiger charge is -2.32. The molecular weight excluding hydrogens is 330 g/mol.